The highest BCUT2D eigenvalue weighted by atomic mass is 19.1. The van der Waals surface area contributed by atoms with Crippen molar-refractivity contribution in [3.8, 4) is 11.3 Å². The molecule has 8 nitrogen and oxygen atoms in total. The first-order valence-electron chi connectivity index (χ1n) is 10.9. The Balaban J connectivity index is 1.30. The molecule has 0 bridgehead atoms. The van der Waals surface area contributed by atoms with E-state index in [1.165, 1.54) is 42.1 Å². The minimum absolute atomic E-state index is 0.0663. The normalized spacial score (nSPS) is 17.4. The number of aryl methyl sites for hydroxylation is 2. The number of halogens is 1. The standard InChI is InChI=1S/C24H23FN6O2/c25-16-6-10-18(11-7-16)31-21(23(26)32)13-19(29-31)24(33)27-17-8-4-15(5-9-17)20-14-30-12-2-1-3-22(30)28-20/h4-11,14,21H,1-3,12-13H2,(H2,26,32)(H,27,33). The first-order chi connectivity index (χ1) is 16.0. The Bertz CT molecular complexity index is 1210. The number of benzene rings is 2. The average Bonchev–Trinajstić information content (AvgIpc) is 3.45. The van der Waals surface area contributed by atoms with Gasteiger partial charge in [-0.15, -0.1) is 0 Å². The average molecular weight is 446 g/mol. The number of aromatic nitrogens is 2. The van der Waals surface area contributed by atoms with Crippen LogP contribution < -0.4 is 16.1 Å². The second kappa shape index (κ2) is 8.50. The van der Waals surface area contributed by atoms with Crippen LogP contribution in [0.3, 0.4) is 0 Å². The second-order valence-electron chi connectivity index (χ2n) is 8.21. The maximum Gasteiger partial charge on any atom is 0.271 e. The Morgan fingerprint density at radius 1 is 1.06 bits per heavy atom. The van der Waals surface area contributed by atoms with E-state index in [1.54, 1.807) is 0 Å². The fourth-order valence-corrected chi connectivity index (χ4v) is 4.18. The summed E-state index contributed by atoms with van der Waals surface area (Å²) in [6.07, 6.45) is 5.48. The molecule has 2 amide bonds. The summed E-state index contributed by atoms with van der Waals surface area (Å²) in [6.45, 7) is 1.000. The topological polar surface area (TPSA) is 106 Å². The van der Waals surface area contributed by atoms with Gasteiger partial charge in [0, 0.05) is 36.8 Å². The number of imidazole rings is 1. The number of rotatable bonds is 5. The van der Waals surface area contributed by atoms with Crippen LogP contribution in [0.25, 0.3) is 11.3 Å². The number of anilines is 2. The first kappa shape index (κ1) is 20.9. The summed E-state index contributed by atoms with van der Waals surface area (Å²) in [6, 6.07) is 12.1. The van der Waals surface area contributed by atoms with E-state index < -0.39 is 23.7 Å². The highest BCUT2D eigenvalue weighted by Gasteiger charge is 2.35. The lowest BCUT2D eigenvalue weighted by atomic mass is 10.1. The summed E-state index contributed by atoms with van der Waals surface area (Å²) in [7, 11) is 0. The van der Waals surface area contributed by atoms with E-state index in [-0.39, 0.29) is 12.1 Å². The highest BCUT2D eigenvalue weighted by Crippen LogP contribution is 2.26. The van der Waals surface area contributed by atoms with Gasteiger partial charge in [-0.1, -0.05) is 12.1 Å². The predicted molar refractivity (Wildman–Crippen MR) is 123 cm³/mol. The quantitative estimate of drug-likeness (QED) is 0.628. The number of hydrogen-bond donors (Lipinski definition) is 2. The Morgan fingerprint density at radius 2 is 1.82 bits per heavy atom. The Labute approximate surface area is 189 Å². The molecule has 0 fully saturated rings. The largest absolute Gasteiger partial charge is 0.368 e. The number of nitrogens with one attached hydrogen (secondary N) is 1. The molecular weight excluding hydrogens is 423 g/mol. The van der Waals surface area contributed by atoms with Crippen LogP contribution in [0.5, 0.6) is 0 Å². The molecule has 2 aromatic carbocycles. The smallest absolute Gasteiger partial charge is 0.271 e. The SMILES string of the molecule is NC(=O)C1CC(C(=O)Nc2ccc(-c3cn4c(n3)CCCC4)cc2)=NN1c1ccc(F)cc1. The fraction of sp³-hybridized carbons (Fsp3) is 0.250. The summed E-state index contributed by atoms with van der Waals surface area (Å²) in [5.41, 5.74) is 8.67. The van der Waals surface area contributed by atoms with Crippen LogP contribution in [0.4, 0.5) is 15.8 Å². The third-order valence-electron chi connectivity index (χ3n) is 5.94. The van der Waals surface area contributed by atoms with Crippen LogP contribution in [0.2, 0.25) is 0 Å². The highest BCUT2D eigenvalue weighted by molar-refractivity contribution is 6.44. The van der Waals surface area contributed by atoms with Gasteiger partial charge >= 0.3 is 0 Å². The van der Waals surface area contributed by atoms with Crippen LogP contribution in [-0.4, -0.2) is 33.1 Å². The molecule has 0 aliphatic carbocycles. The predicted octanol–water partition coefficient (Wildman–Crippen LogP) is 3.08. The summed E-state index contributed by atoms with van der Waals surface area (Å²) < 4.78 is 15.5. The van der Waals surface area contributed by atoms with Gasteiger partial charge in [-0.2, -0.15) is 5.10 Å². The molecule has 0 saturated carbocycles. The Hall–Kier alpha value is -4.01. The maximum atomic E-state index is 13.3. The monoisotopic (exact) mass is 446 g/mol. The van der Waals surface area contributed by atoms with E-state index in [0.717, 1.165) is 30.0 Å². The van der Waals surface area contributed by atoms with Crippen molar-refractivity contribution in [2.75, 3.05) is 10.3 Å². The molecule has 3 aromatic rings. The fourth-order valence-electron chi connectivity index (χ4n) is 4.18. The van der Waals surface area contributed by atoms with Gasteiger partial charge in [0.1, 0.15) is 23.4 Å². The lowest BCUT2D eigenvalue weighted by Gasteiger charge is -2.20. The minimum Gasteiger partial charge on any atom is -0.368 e. The van der Waals surface area contributed by atoms with Crippen molar-refractivity contribution >= 4 is 28.9 Å². The number of carbonyl (C=O) groups is 2. The first-order valence-corrected chi connectivity index (χ1v) is 10.9. The van der Waals surface area contributed by atoms with E-state index >= 15 is 0 Å². The van der Waals surface area contributed by atoms with Gasteiger partial charge < -0.3 is 15.6 Å². The van der Waals surface area contributed by atoms with Gasteiger partial charge in [0.15, 0.2) is 0 Å². The van der Waals surface area contributed by atoms with E-state index in [1.807, 2.05) is 24.3 Å². The number of carbonyl (C=O) groups excluding carboxylic acids is 2. The van der Waals surface area contributed by atoms with Crippen LogP contribution in [-0.2, 0) is 22.6 Å². The molecule has 2 aliphatic rings. The molecule has 0 saturated heterocycles. The number of nitrogens with two attached hydrogens (primary N) is 1. The van der Waals surface area contributed by atoms with Crippen LogP contribution in [0, 0.1) is 5.82 Å². The second-order valence-corrected chi connectivity index (χ2v) is 8.21. The summed E-state index contributed by atoms with van der Waals surface area (Å²) in [4.78, 5) is 29.4. The number of primary amides is 1. The maximum absolute atomic E-state index is 13.3. The van der Waals surface area contributed by atoms with Gasteiger partial charge in [0.25, 0.3) is 5.91 Å². The molecular formula is C24H23FN6O2. The molecule has 168 valence electrons. The molecule has 2 aliphatic heterocycles. The van der Waals surface area contributed by atoms with Crippen molar-refractivity contribution < 1.29 is 14.0 Å². The van der Waals surface area contributed by atoms with Crippen molar-refractivity contribution in [3.63, 3.8) is 0 Å². The number of hydrogen-bond acceptors (Lipinski definition) is 5. The molecule has 5 rings (SSSR count). The number of amides is 2. The molecule has 1 aromatic heterocycles. The van der Waals surface area contributed by atoms with Gasteiger partial charge in [-0.05, 0) is 49.2 Å². The molecule has 33 heavy (non-hydrogen) atoms. The van der Waals surface area contributed by atoms with Crippen molar-refractivity contribution in [1.29, 1.82) is 0 Å². The van der Waals surface area contributed by atoms with E-state index in [4.69, 9.17) is 10.7 Å². The zero-order chi connectivity index (χ0) is 22.9. The van der Waals surface area contributed by atoms with E-state index in [0.29, 0.717) is 11.4 Å². The molecule has 0 spiro atoms. The van der Waals surface area contributed by atoms with Crippen LogP contribution in [0.1, 0.15) is 25.1 Å². The van der Waals surface area contributed by atoms with Gasteiger partial charge in [0.05, 0.1) is 11.4 Å². The number of nitrogens with zero attached hydrogens (tertiary/aromatic N) is 4. The van der Waals surface area contributed by atoms with Crippen LogP contribution in [0.15, 0.2) is 59.8 Å². The zero-order valence-electron chi connectivity index (χ0n) is 17.9. The molecule has 3 heterocycles. The summed E-state index contributed by atoms with van der Waals surface area (Å²) >= 11 is 0. The summed E-state index contributed by atoms with van der Waals surface area (Å²) in [5, 5.41) is 8.47. The number of fused-ring (bicyclic) bond motifs is 1. The molecule has 1 unspecified atom stereocenters. The molecule has 0 radical (unpaired) electrons. The van der Waals surface area contributed by atoms with E-state index in [9.17, 15) is 14.0 Å². The van der Waals surface area contributed by atoms with Gasteiger partial charge in [-0.3, -0.25) is 14.6 Å². The van der Waals surface area contributed by atoms with Gasteiger partial charge in [0.2, 0.25) is 5.91 Å². The van der Waals surface area contributed by atoms with Crippen molar-refractivity contribution in [2.24, 2.45) is 10.8 Å². The molecule has 3 N–H and O–H groups in total. The minimum atomic E-state index is -0.814. The third-order valence-corrected chi connectivity index (χ3v) is 5.94. The lowest BCUT2D eigenvalue weighted by molar-refractivity contribution is -0.119. The van der Waals surface area contributed by atoms with Crippen molar-refractivity contribution in [1.82, 2.24) is 9.55 Å². The van der Waals surface area contributed by atoms with Crippen LogP contribution >= 0.6 is 0 Å². The zero-order valence-corrected chi connectivity index (χ0v) is 17.9. The molecule has 9 heteroatoms. The Kier molecular flexibility index (Phi) is 5.37. The third kappa shape index (κ3) is 4.21. The molecule has 1 atom stereocenters. The number of hydrazone groups is 1. The van der Waals surface area contributed by atoms with Gasteiger partial charge in [-0.25, -0.2) is 9.37 Å². The lowest BCUT2D eigenvalue weighted by Crippen LogP contribution is -2.39. The van der Waals surface area contributed by atoms with Crippen molar-refractivity contribution in [3.05, 3.63) is 66.4 Å². The Morgan fingerprint density at radius 3 is 2.52 bits per heavy atom. The van der Waals surface area contributed by atoms with E-state index in [2.05, 4.69) is 21.2 Å². The summed E-state index contributed by atoms with van der Waals surface area (Å²) in [5.74, 6) is -0.327. The van der Waals surface area contributed by atoms with Crippen molar-refractivity contribution in [2.45, 2.75) is 38.3 Å².